The topological polar surface area (TPSA) is 0 Å². The van der Waals surface area contributed by atoms with Gasteiger partial charge < -0.3 is 0 Å². The summed E-state index contributed by atoms with van der Waals surface area (Å²) < 4.78 is 223. The van der Waals surface area contributed by atoms with Crippen molar-refractivity contribution < 1.29 is 79.0 Å². The van der Waals surface area contributed by atoms with Gasteiger partial charge in [0.05, 0.1) is 0 Å². The van der Waals surface area contributed by atoms with Crippen LogP contribution in [0.2, 0.25) is 0 Å². The highest BCUT2D eigenvalue weighted by Gasteiger charge is 2.82. The second-order valence-electron chi connectivity index (χ2n) is 4.48. The van der Waals surface area contributed by atoms with Gasteiger partial charge in [-0.05, 0) is 0 Å². The molecule has 0 aromatic rings. The molecule has 27 heavy (non-hydrogen) atoms. The van der Waals surface area contributed by atoms with E-state index in [4.69, 9.17) is 0 Å². The maximum Gasteiger partial charge on any atom is 0.460 e. The van der Waals surface area contributed by atoms with Crippen LogP contribution in [0.25, 0.3) is 0 Å². The Bertz CT molecular complexity index is 579. The molecular formula is C9F18. The highest BCUT2D eigenvalue weighted by atomic mass is 19.4. The van der Waals surface area contributed by atoms with Crippen molar-refractivity contribution in [2.24, 2.45) is 0 Å². The van der Waals surface area contributed by atoms with Crippen LogP contribution in [0.5, 0.6) is 0 Å². The molecule has 0 aliphatic heterocycles. The van der Waals surface area contributed by atoms with Crippen LogP contribution in [0.1, 0.15) is 0 Å². The normalized spacial score (nSPS) is 17.1. The molecule has 0 atom stereocenters. The third-order valence-electron chi connectivity index (χ3n) is 2.59. The van der Waals surface area contributed by atoms with Crippen molar-refractivity contribution in [1.82, 2.24) is 0 Å². The fourth-order valence-electron chi connectivity index (χ4n) is 1.23. The largest absolute Gasteiger partial charge is 0.460 e. The molecular weight excluding hydrogens is 450 g/mol. The molecule has 0 fully saturated rings. The summed E-state index contributed by atoms with van der Waals surface area (Å²) in [6.45, 7) is 0. The minimum atomic E-state index is -8.22. The summed E-state index contributed by atoms with van der Waals surface area (Å²) in [4.78, 5) is 0. The lowest BCUT2D eigenvalue weighted by Crippen LogP contribution is -2.59. The number of halogens is 18. The van der Waals surface area contributed by atoms with Gasteiger partial charge in [0.15, 0.2) is 5.83 Å². The lowest BCUT2D eigenvalue weighted by molar-refractivity contribution is -0.358. The van der Waals surface area contributed by atoms with Crippen molar-refractivity contribution in [2.75, 3.05) is 0 Å². The number of hydrogen-bond donors (Lipinski definition) is 0. The first-order chi connectivity index (χ1) is 11.3. The van der Waals surface area contributed by atoms with Gasteiger partial charge in [-0.25, -0.2) is 4.39 Å². The van der Waals surface area contributed by atoms with Crippen LogP contribution >= 0.6 is 0 Å². The van der Waals surface area contributed by atoms with E-state index in [1.54, 1.807) is 0 Å². The van der Waals surface area contributed by atoms with E-state index in [-0.39, 0.29) is 0 Å². The maximum atomic E-state index is 13.1. The molecule has 0 aliphatic carbocycles. The Morgan fingerprint density at radius 3 is 0.889 bits per heavy atom. The minimum absolute atomic E-state index is 5.58. The highest BCUT2D eigenvalue weighted by Crippen LogP contribution is 2.59. The average Bonchev–Trinajstić information content (AvgIpc) is 2.33. The Labute approximate surface area is 134 Å². The van der Waals surface area contributed by atoms with E-state index in [9.17, 15) is 79.0 Å². The predicted molar refractivity (Wildman–Crippen MR) is 46.1 cm³/mol. The molecule has 0 bridgehead atoms. The van der Waals surface area contributed by atoms with E-state index in [1.165, 1.54) is 0 Å². The van der Waals surface area contributed by atoms with Crippen LogP contribution in [0, 0.1) is 0 Å². The second-order valence-corrected chi connectivity index (χ2v) is 4.48. The number of hydrogen-bond acceptors (Lipinski definition) is 0. The Morgan fingerprint density at radius 1 is 0.370 bits per heavy atom. The molecule has 0 amide bonds. The van der Waals surface area contributed by atoms with Crippen molar-refractivity contribution in [3.05, 3.63) is 11.4 Å². The minimum Gasteiger partial charge on any atom is -0.204 e. The molecule has 0 aromatic carbocycles. The Hall–Kier alpha value is -1.52. The molecule has 0 N–H and O–H groups in total. The molecule has 0 aliphatic rings. The summed E-state index contributed by atoms with van der Waals surface area (Å²) in [6.07, 6.45) is -23.1. The summed E-state index contributed by atoms with van der Waals surface area (Å²) in [6, 6.07) is 0. The van der Waals surface area contributed by atoms with E-state index >= 15 is 0 Å². The molecule has 0 aromatic heterocycles. The van der Waals surface area contributed by atoms with Gasteiger partial charge >= 0.3 is 42.2 Å². The fraction of sp³-hybridized carbons (Fsp3) is 0.778. The molecule has 18 heteroatoms. The van der Waals surface area contributed by atoms with Crippen LogP contribution in [-0.2, 0) is 0 Å². The maximum absolute atomic E-state index is 13.1. The lowest BCUT2D eigenvalue weighted by Gasteiger charge is -2.35. The van der Waals surface area contributed by atoms with E-state index in [1.807, 2.05) is 0 Å². The monoisotopic (exact) mass is 450 g/mol. The summed E-state index contributed by atoms with van der Waals surface area (Å²) in [5.74, 6) is -37.6. The van der Waals surface area contributed by atoms with Gasteiger partial charge in [0.25, 0.3) is 0 Å². The van der Waals surface area contributed by atoms with Gasteiger partial charge in [0.2, 0.25) is 0 Å². The lowest BCUT2D eigenvalue weighted by atomic mass is 9.92. The van der Waals surface area contributed by atoms with Gasteiger partial charge in [0, 0.05) is 0 Å². The fourth-order valence-corrected chi connectivity index (χ4v) is 1.23. The van der Waals surface area contributed by atoms with Crippen molar-refractivity contribution in [1.29, 1.82) is 0 Å². The third-order valence-corrected chi connectivity index (χ3v) is 2.59. The van der Waals surface area contributed by atoms with Crippen molar-refractivity contribution in [2.45, 2.75) is 42.2 Å². The highest BCUT2D eigenvalue weighted by molar-refractivity contribution is 5.34. The second kappa shape index (κ2) is 6.25. The molecule has 162 valence electrons. The quantitative estimate of drug-likeness (QED) is 0.433. The zero-order valence-electron chi connectivity index (χ0n) is 11.3. The van der Waals surface area contributed by atoms with Crippen LogP contribution in [-0.4, -0.2) is 42.2 Å². The number of allylic oxidation sites excluding steroid dienone is 2. The molecule has 0 heterocycles. The molecule has 0 spiro atoms. The van der Waals surface area contributed by atoms with Crippen LogP contribution < -0.4 is 0 Å². The SMILES string of the molecule is FC(=C(C(F)(F)C(F)(F)F)C(F)(F)C(F)(F)C(F)(F)F)C(F)(F)C(F)(F)F. The molecule has 0 nitrogen and oxygen atoms in total. The van der Waals surface area contributed by atoms with Gasteiger partial charge in [0.1, 0.15) is 5.57 Å². The third kappa shape index (κ3) is 3.88. The zero-order chi connectivity index (χ0) is 22.7. The Kier molecular flexibility index (Phi) is 5.90. The van der Waals surface area contributed by atoms with Crippen molar-refractivity contribution in [3.63, 3.8) is 0 Å². The standard InChI is InChI=1S/C9F18/c10-2(5(15,16)8(22,23)24)1(4(13,14)7(19,20)21)3(11,12)6(17,18)9(25,26)27. The van der Waals surface area contributed by atoms with Crippen molar-refractivity contribution >= 4 is 0 Å². The van der Waals surface area contributed by atoms with Crippen LogP contribution in [0.4, 0.5) is 79.0 Å². The van der Waals surface area contributed by atoms with Gasteiger partial charge in [-0.2, -0.15) is 74.6 Å². The zero-order valence-corrected chi connectivity index (χ0v) is 11.3. The molecule has 0 saturated carbocycles. The molecule has 0 saturated heterocycles. The Balaban J connectivity index is 7.32. The van der Waals surface area contributed by atoms with Gasteiger partial charge in [-0.1, -0.05) is 0 Å². The first-order valence-electron chi connectivity index (χ1n) is 5.40. The van der Waals surface area contributed by atoms with Crippen LogP contribution in [0.3, 0.4) is 0 Å². The molecule has 0 unspecified atom stereocenters. The van der Waals surface area contributed by atoms with E-state index in [0.717, 1.165) is 0 Å². The van der Waals surface area contributed by atoms with Crippen molar-refractivity contribution in [3.8, 4) is 0 Å². The predicted octanol–water partition coefficient (Wildman–Crippen LogP) is 6.44. The molecule has 0 rings (SSSR count). The number of rotatable bonds is 4. The van der Waals surface area contributed by atoms with Gasteiger partial charge in [-0.15, -0.1) is 0 Å². The van der Waals surface area contributed by atoms with E-state index in [2.05, 4.69) is 0 Å². The smallest absolute Gasteiger partial charge is 0.204 e. The number of alkyl halides is 17. The summed E-state index contributed by atoms with van der Waals surface area (Å²) in [5, 5.41) is 0. The Morgan fingerprint density at radius 2 is 0.667 bits per heavy atom. The average molecular weight is 450 g/mol. The summed E-state index contributed by atoms with van der Waals surface area (Å²) in [7, 11) is 0. The summed E-state index contributed by atoms with van der Waals surface area (Å²) >= 11 is 0. The van der Waals surface area contributed by atoms with E-state index < -0.39 is 53.6 Å². The first kappa shape index (κ1) is 25.5. The van der Waals surface area contributed by atoms with Crippen LogP contribution in [0.15, 0.2) is 11.4 Å². The molecule has 0 radical (unpaired) electrons. The first-order valence-corrected chi connectivity index (χ1v) is 5.40. The van der Waals surface area contributed by atoms with Gasteiger partial charge in [-0.3, -0.25) is 0 Å². The van der Waals surface area contributed by atoms with E-state index in [0.29, 0.717) is 0 Å². The summed E-state index contributed by atoms with van der Waals surface area (Å²) in [5.41, 5.74) is -5.74.